The fourth-order valence-corrected chi connectivity index (χ4v) is 2.69. The molecule has 110 valence electrons. The topological polar surface area (TPSA) is 35.6 Å². The fourth-order valence-electron chi connectivity index (χ4n) is 2.69. The van der Waals surface area contributed by atoms with E-state index in [9.17, 15) is 4.79 Å². The van der Waals surface area contributed by atoms with Crippen LogP contribution < -0.4 is 10.2 Å². The number of hydrogen-bond acceptors (Lipinski definition) is 3. The van der Waals surface area contributed by atoms with Gasteiger partial charge in [-0.3, -0.25) is 4.79 Å². The highest BCUT2D eigenvalue weighted by molar-refractivity contribution is 5.96. The van der Waals surface area contributed by atoms with Crippen molar-refractivity contribution in [2.24, 2.45) is 0 Å². The van der Waals surface area contributed by atoms with Gasteiger partial charge >= 0.3 is 0 Å². The highest BCUT2D eigenvalue weighted by Crippen LogP contribution is 2.32. The molecule has 4 heteroatoms. The van der Waals surface area contributed by atoms with Crippen molar-refractivity contribution in [1.82, 2.24) is 10.2 Å². The van der Waals surface area contributed by atoms with E-state index in [0.29, 0.717) is 6.42 Å². The third kappa shape index (κ3) is 3.58. The number of benzene rings is 1. The van der Waals surface area contributed by atoms with E-state index in [-0.39, 0.29) is 11.9 Å². The third-order valence-electron chi connectivity index (χ3n) is 3.73. The molecule has 0 saturated heterocycles. The quantitative estimate of drug-likeness (QED) is 0.799. The van der Waals surface area contributed by atoms with Crippen LogP contribution in [0.15, 0.2) is 24.3 Å². The van der Waals surface area contributed by atoms with Crippen LogP contribution in [0.3, 0.4) is 0 Å². The molecule has 1 heterocycles. The van der Waals surface area contributed by atoms with Gasteiger partial charge in [-0.25, -0.2) is 0 Å². The molecule has 4 nitrogen and oxygen atoms in total. The summed E-state index contributed by atoms with van der Waals surface area (Å²) in [5, 5.41) is 3.32. The van der Waals surface area contributed by atoms with Crippen molar-refractivity contribution in [2.45, 2.75) is 25.8 Å². The number of anilines is 1. The number of amides is 1. The first kappa shape index (κ1) is 15.0. The highest BCUT2D eigenvalue weighted by Gasteiger charge is 2.29. The standard InChI is InChI=1S/C16H25N3O/c1-13-12-14-6-4-5-7-15(14)19(13)16(20)8-9-17-10-11-18(2)3/h4-7,13,17H,8-12H2,1-3H3. The molecular weight excluding hydrogens is 250 g/mol. The predicted octanol–water partition coefficient (Wildman–Crippen LogP) is 1.51. The first-order chi connectivity index (χ1) is 9.59. The lowest BCUT2D eigenvalue weighted by atomic mass is 10.1. The average Bonchev–Trinajstić information content (AvgIpc) is 2.73. The van der Waals surface area contributed by atoms with Crippen LogP contribution in [-0.2, 0) is 11.2 Å². The summed E-state index contributed by atoms with van der Waals surface area (Å²) < 4.78 is 0. The van der Waals surface area contributed by atoms with Crippen LogP contribution in [0, 0.1) is 0 Å². The SMILES string of the molecule is CC1Cc2ccccc2N1C(=O)CCNCCN(C)C. The van der Waals surface area contributed by atoms with Gasteiger partial charge in [0.15, 0.2) is 0 Å². The molecule has 1 aliphatic heterocycles. The molecule has 1 aromatic carbocycles. The number of carbonyl (C=O) groups is 1. The molecule has 1 aliphatic rings. The van der Waals surface area contributed by atoms with E-state index in [1.165, 1.54) is 5.56 Å². The van der Waals surface area contributed by atoms with Gasteiger partial charge in [0, 0.05) is 37.8 Å². The third-order valence-corrected chi connectivity index (χ3v) is 3.73. The van der Waals surface area contributed by atoms with Gasteiger partial charge < -0.3 is 15.1 Å². The van der Waals surface area contributed by atoms with Crippen LogP contribution in [0.1, 0.15) is 18.9 Å². The molecule has 1 unspecified atom stereocenters. The summed E-state index contributed by atoms with van der Waals surface area (Å²) in [5.41, 5.74) is 2.38. The van der Waals surface area contributed by atoms with Crippen molar-refractivity contribution in [3.05, 3.63) is 29.8 Å². The first-order valence-corrected chi connectivity index (χ1v) is 7.35. The second-order valence-corrected chi connectivity index (χ2v) is 5.75. The second kappa shape index (κ2) is 6.86. The van der Waals surface area contributed by atoms with Crippen molar-refractivity contribution in [1.29, 1.82) is 0 Å². The highest BCUT2D eigenvalue weighted by atomic mass is 16.2. The van der Waals surface area contributed by atoms with E-state index in [1.54, 1.807) is 0 Å². The number of nitrogens with one attached hydrogen (secondary N) is 1. The summed E-state index contributed by atoms with van der Waals surface area (Å²) in [5.74, 6) is 0.222. The Balaban J connectivity index is 1.84. The number of fused-ring (bicyclic) bond motifs is 1. The first-order valence-electron chi connectivity index (χ1n) is 7.35. The molecule has 2 rings (SSSR count). The lowest BCUT2D eigenvalue weighted by Gasteiger charge is -2.23. The van der Waals surface area contributed by atoms with E-state index < -0.39 is 0 Å². The fraction of sp³-hybridized carbons (Fsp3) is 0.562. The van der Waals surface area contributed by atoms with Crippen molar-refractivity contribution < 1.29 is 4.79 Å². The molecule has 1 N–H and O–H groups in total. The summed E-state index contributed by atoms with van der Waals surface area (Å²) in [6.07, 6.45) is 1.53. The van der Waals surface area contributed by atoms with E-state index in [1.807, 2.05) is 17.0 Å². The van der Waals surface area contributed by atoms with E-state index in [2.05, 4.69) is 43.4 Å². The zero-order valence-corrected chi connectivity index (χ0v) is 12.7. The molecule has 0 radical (unpaired) electrons. The lowest BCUT2D eigenvalue weighted by Crippen LogP contribution is -2.38. The van der Waals surface area contributed by atoms with E-state index >= 15 is 0 Å². The molecule has 1 aromatic rings. The molecule has 0 saturated carbocycles. The van der Waals surface area contributed by atoms with Crippen LogP contribution >= 0.6 is 0 Å². The van der Waals surface area contributed by atoms with E-state index in [4.69, 9.17) is 0 Å². The summed E-state index contributed by atoms with van der Waals surface area (Å²) in [6, 6.07) is 8.50. The zero-order valence-electron chi connectivity index (χ0n) is 12.7. The molecule has 1 amide bonds. The molecule has 0 aliphatic carbocycles. The van der Waals surface area contributed by atoms with Crippen LogP contribution in [0.5, 0.6) is 0 Å². The summed E-state index contributed by atoms with van der Waals surface area (Å²) in [7, 11) is 4.10. The Labute approximate surface area is 121 Å². The summed E-state index contributed by atoms with van der Waals surface area (Å²) in [4.78, 5) is 16.5. The van der Waals surface area contributed by atoms with Gasteiger partial charge in [-0.05, 0) is 39.1 Å². The predicted molar refractivity (Wildman–Crippen MR) is 83.1 cm³/mol. The summed E-state index contributed by atoms with van der Waals surface area (Å²) >= 11 is 0. The summed E-state index contributed by atoms with van der Waals surface area (Å²) in [6.45, 7) is 4.79. The molecule has 0 aromatic heterocycles. The van der Waals surface area contributed by atoms with Gasteiger partial charge in [0.1, 0.15) is 0 Å². The Bertz CT molecular complexity index is 459. The molecule has 0 bridgehead atoms. The van der Waals surface area contributed by atoms with Gasteiger partial charge in [-0.2, -0.15) is 0 Å². The minimum atomic E-state index is 0.222. The maximum Gasteiger partial charge on any atom is 0.228 e. The second-order valence-electron chi connectivity index (χ2n) is 5.75. The number of hydrogen-bond donors (Lipinski definition) is 1. The Morgan fingerprint density at radius 3 is 2.85 bits per heavy atom. The van der Waals surface area contributed by atoms with Crippen LogP contribution in [-0.4, -0.2) is 50.6 Å². The Morgan fingerprint density at radius 2 is 2.10 bits per heavy atom. The molecule has 20 heavy (non-hydrogen) atoms. The van der Waals surface area contributed by atoms with Crippen molar-refractivity contribution >= 4 is 11.6 Å². The van der Waals surface area contributed by atoms with Crippen molar-refractivity contribution in [2.75, 3.05) is 38.6 Å². The van der Waals surface area contributed by atoms with Gasteiger partial charge in [0.25, 0.3) is 0 Å². The van der Waals surface area contributed by atoms with Crippen molar-refractivity contribution in [3.8, 4) is 0 Å². The Hall–Kier alpha value is -1.39. The molecule has 0 fully saturated rings. The molecule has 0 spiro atoms. The Morgan fingerprint density at radius 1 is 1.35 bits per heavy atom. The number of carbonyl (C=O) groups excluding carboxylic acids is 1. The lowest BCUT2D eigenvalue weighted by molar-refractivity contribution is -0.118. The number of rotatable bonds is 6. The normalized spacial score (nSPS) is 17.6. The van der Waals surface area contributed by atoms with Gasteiger partial charge in [0.2, 0.25) is 5.91 Å². The maximum atomic E-state index is 12.4. The minimum Gasteiger partial charge on any atom is -0.315 e. The van der Waals surface area contributed by atoms with Gasteiger partial charge in [-0.15, -0.1) is 0 Å². The zero-order chi connectivity index (χ0) is 14.5. The number of nitrogens with zero attached hydrogens (tertiary/aromatic N) is 2. The van der Waals surface area contributed by atoms with Crippen LogP contribution in [0.4, 0.5) is 5.69 Å². The van der Waals surface area contributed by atoms with Crippen molar-refractivity contribution in [3.63, 3.8) is 0 Å². The minimum absolute atomic E-state index is 0.222. The average molecular weight is 275 g/mol. The number of likely N-dealkylation sites (N-methyl/N-ethyl adjacent to an activating group) is 1. The molecular formula is C16H25N3O. The largest absolute Gasteiger partial charge is 0.315 e. The van der Waals surface area contributed by atoms with Gasteiger partial charge in [-0.1, -0.05) is 18.2 Å². The number of para-hydroxylation sites is 1. The molecule has 1 atom stereocenters. The maximum absolute atomic E-state index is 12.4. The van der Waals surface area contributed by atoms with Crippen LogP contribution in [0.2, 0.25) is 0 Å². The van der Waals surface area contributed by atoms with E-state index in [0.717, 1.165) is 31.7 Å². The van der Waals surface area contributed by atoms with Gasteiger partial charge in [0.05, 0.1) is 0 Å². The van der Waals surface area contributed by atoms with Crippen LogP contribution in [0.25, 0.3) is 0 Å². The smallest absolute Gasteiger partial charge is 0.228 e. The Kier molecular flexibility index (Phi) is 5.15. The monoisotopic (exact) mass is 275 g/mol.